The molecule has 0 aromatic rings. The molecule has 0 bridgehead atoms. The van der Waals surface area contributed by atoms with Gasteiger partial charge in [-0.2, -0.15) is 0 Å². The molecule has 0 heterocycles. The number of carbonyl (C=O) groups is 4. The third-order valence-corrected chi connectivity index (χ3v) is 18.3. The van der Waals surface area contributed by atoms with Gasteiger partial charge in [0.2, 0.25) is 0 Å². The third kappa shape index (κ3) is 81.4. The molecule has 0 aromatic heterocycles. The fourth-order valence-electron chi connectivity index (χ4n) is 10.2. The van der Waals surface area contributed by atoms with Gasteiger partial charge in [0.1, 0.15) is 19.3 Å². The van der Waals surface area contributed by atoms with E-state index < -0.39 is 97.5 Å². The molecule has 0 aliphatic carbocycles. The van der Waals surface area contributed by atoms with Crippen LogP contribution in [0.25, 0.3) is 0 Å². The van der Waals surface area contributed by atoms with Crippen molar-refractivity contribution in [2.45, 2.75) is 303 Å². The van der Waals surface area contributed by atoms with E-state index in [4.69, 9.17) is 37.0 Å². The van der Waals surface area contributed by atoms with Gasteiger partial charge in [0.25, 0.3) is 0 Å². The molecule has 0 spiro atoms. The molecular weight excluding hydrogens is 1450 g/mol. The predicted octanol–water partition coefficient (Wildman–Crippen LogP) is 25.2. The quantitative estimate of drug-likeness (QED) is 0.0169. The Labute approximate surface area is 677 Å². The zero-order chi connectivity index (χ0) is 81.7. The van der Waals surface area contributed by atoms with E-state index in [0.29, 0.717) is 38.5 Å². The lowest BCUT2D eigenvalue weighted by molar-refractivity contribution is -0.161. The third-order valence-electron chi connectivity index (χ3n) is 16.4. The van der Waals surface area contributed by atoms with Gasteiger partial charge in [0.15, 0.2) is 12.2 Å². The van der Waals surface area contributed by atoms with Gasteiger partial charge in [-0.15, -0.1) is 0 Å². The predicted molar refractivity (Wildman–Crippen MR) is 463 cm³/mol. The van der Waals surface area contributed by atoms with Crippen LogP contribution in [0.3, 0.4) is 0 Å². The molecule has 5 unspecified atom stereocenters. The average molecular weight is 1600 g/mol. The van der Waals surface area contributed by atoms with Crippen LogP contribution in [-0.4, -0.2) is 96.7 Å². The minimum atomic E-state index is -5.03. The average Bonchev–Trinajstić information content (AvgIpc) is 0.895. The summed E-state index contributed by atoms with van der Waals surface area (Å²) >= 11 is 0. The van der Waals surface area contributed by atoms with Crippen LogP contribution in [0.1, 0.15) is 285 Å². The SMILES string of the molecule is CC/C=C\C/C=C\C/C=C\C/C=C\C/C=C\C/C=C\CCC(=O)OCC(COP(=O)(O)OCC(O)COP(=O)(O)OCC(COC(=O)CCCCCCCC/C=C\C/C=C\C/C=C\C/C=C\CC)OC(=O)CCCCCCCCC/C=C\C/C=C\C/C=C\CC)OC(=O)CCC/C=C\C/C=C\C/C=C\C/C=C\C/C=C\CC. The summed E-state index contributed by atoms with van der Waals surface area (Å²) in [5, 5.41) is 10.7. The monoisotopic (exact) mass is 1600 g/mol. The summed E-state index contributed by atoms with van der Waals surface area (Å²) in [4.78, 5) is 73.2. The number of rotatable bonds is 76. The summed E-state index contributed by atoms with van der Waals surface area (Å²) in [6.45, 7) is 4.23. The lowest BCUT2D eigenvalue weighted by atomic mass is 10.1. The minimum Gasteiger partial charge on any atom is -0.462 e. The zero-order valence-corrected chi connectivity index (χ0v) is 70.8. The van der Waals surface area contributed by atoms with E-state index in [0.717, 1.165) is 193 Å². The van der Waals surface area contributed by atoms with Crippen LogP contribution in [0.5, 0.6) is 0 Å². The highest BCUT2D eigenvalue weighted by Gasteiger charge is 2.30. The number of ether oxygens (including phenoxy) is 4. The summed E-state index contributed by atoms with van der Waals surface area (Å²) < 4.78 is 68.6. The standard InChI is InChI=1S/C93H146O17P2/c1-5-9-13-17-21-25-29-33-37-41-43-47-49-53-57-61-65-69-73-77-90(95)103-83-88(109-92(97)79-75-71-67-63-59-55-51-45-39-35-31-27-23-19-15-11-7-3)85-107-111(99,100)105-81-87(94)82-106-112(101,102)108-86-89(110-93(98)80-76-72-68-64-60-56-52-46-40-36-32-28-24-20-16-12-8-4)84-104-91(96)78-74-70-66-62-58-54-50-48-44-42-38-34-30-26-22-18-14-10-6-2/h9-16,21-28,33-40,43-44,47-48,51,53,55,57,63,65,67,69,87-89,94H,5-8,17-20,29-32,41-42,45-46,49-50,52,54,56,58-62,64,66,68,70-86H2,1-4H3,(H,99,100)(H,101,102)/b13-9-,14-10-,15-11-,16-12-,25-21-,26-22-,27-23-,28-24-,37-33-,38-34-,39-35-,40-36-,47-43-,48-44-,55-51-,57-53-,67-63-,69-65-. The van der Waals surface area contributed by atoms with Crippen molar-refractivity contribution < 1.29 is 80.2 Å². The first-order valence-electron chi connectivity index (χ1n) is 42.0. The van der Waals surface area contributed by atoms with Crippen LogP contribution in [-0.2, 0) is 65.4 Å². The van der Waals surface area contributed by atoms with E-state index in [2.05, 4.69) is 216 Å². The first-order chi connectivity index (χ1) is 54.7. The second kappa shape index (κ2) is 82.4. The summed E-state index contributed by atoms with van der Waals surface area (Å²) in [6.07, 6.45) is 105. The number of phosphoric ester groups is 2. The normalized spacial score (nSPS) is 14.9. The van der Waals surface area contributed by atoms with Gasteiger partial charge in [0.05, 0.1) is 26.4 Å². The Hall–Kier alpha value is -6.62. The number of hydrogen-bond acceptors (Lipinski definition) is 15. The van der Waals surface area contributed by atoms with E-state index in [9.17, 15) is 43.2 Å². The molecule has 0 amide bonds. The van der Waals surface area contributed by atoms with E-state index in [1.807, 2.05) is 30.4 Å². The summed E-state index contributed by atoms with van der Waals surface area (Å²) in [7, 11) is -10.0. The maximum absolute atomic E-state index is 13.1. The topological polar surface area (TPSA) is 237 Å². The highest BCUT2D eigenvalue weighted by Crippen LogP contribution is 2.45. The fourth-order valence-corrected chi connectivity index (χ4v) is 11.8. The Balaban J connectivity index is 5.54. The molecule has 0 saturated heterocycles. The first-order valence-corrected chi connectivity index (χ1v) is 45.0. The summed E-state index contributed by atoms with van der Waals surface area (Å²) in [5.41, 5.74) is 0. The van der Waals surface area contributed by atoms with Crippen molar-refractivity contribution in [2.24, 2.45) is 0 Å². The van der Waals surface area contributed by atoms with Crippen molar-refractivity contribution in [3.8, 4) is 0 Å². The van der Waals surface area contributed by atoms with Crippen LogP contribution in [0.15, 0.2) is 219 Å². The highest BCUT2D eigenvalue weighted by atomic mass is 31.2. The molecule has 0 saturated carbocycles. The van der Waals surface area contributed by atoms with Crippen molar-refractivity contribution in [1.29, 1.82) is 0 Å². The molecule has 0 aliphatic rings. The molecule has 3 N–H and O–H groups in total. The van der Waals surface area contributed by atoms with Crippen LogP contribution in [0.4, 0.5) is 0 Å². The van der Waals surface area contributed by atoms with Crippen molar-refractivity contribution in [1.82, 2.24) is 0 Å². The Bertz CT molecular complexity index is 2990. The van der Waals surface area contributed by atoms with Crippen molar-refractivity contribution >= 4 is 39.5 Å². The van der Waals surface area contributed by atoms with Gasteiger partial charge in [-0.05, 0) is 173 Å². The van der Waals surface area contributed by atoms with Crippen LogP contribution in [0, 0.1) is 0 Å². The molecule has 630 valence electrons. The largest absolute Gasteiger partial charge is 0.472 e. The molecule has 0 aliphatic heterocycles. The zero-order valence-electron chi connectivity index (χ0n) is 69.0. The van der Waals surface area contributed by atoms with Gasteiger partial charge in [0, 0.05) is 25.7 Å². The second-order valence-electron chi connectivity index (χ2n) is 26.9. The molecule has 0 rings (SSSR count). The summed E-state index contributed by atoms with van der Waals surface area (Å²) in [5.74, 6) is -2.39. The number of hydrogen-bond donors (Lipinski definition) is 3. The van der Waals surface area contributed by atoms with Crippen LogP contribution < -0.4 is 0 Å². The molecule has 0 radical (unpaired) electrons. The number of aliphatic hydroxyl groups is 1. The first kappa shape index (κ1) is 105. The highest BCUT2D eigenvalue weighted by molar-refractivity contribution is 7.47. The number of unbranched alkanes of at least 4 members (excludes halogenated alkanes) is 14. The maximum Gasteiger partial charge on any atom is 0.472 e. The van der Waals surface area contributed by atoms with Crippen LogP contribution in [0.2, 0.25) is 0 Å². The number of phosphoric acid groups is 2. The van der Waals surface area contributed by atoms with Crippen molar-refractivity contribution in [3.05, 3.63) is 219 Å². The Kier molecular flexibility index (Phi) is 77.5. The maximum atomic E-state index is 13.1. The lowest BCUT2D eigenvalue weighted by Crippen LogP contribution is -2.30. The fraction of sp³-hybridized carbons (Fsp3) is 0.570. The number of aliphatic hydroxyl groups excluding tert-OH is 1. The van der Waals surface area contributed by atoms with E-state index in [1.54, 1.807) is 0 Å². The van der Waals surface area contributed by atoms with Gasteiger partial charge >= 0.3 is 39.5 Å². The number of carbonyl (C=O) groups excluding carboxylic acids is 4. The van der Waals surface area contributed by atoms with Crippen LogP contribution >= 0.6 is 15.6 Å². The van der Waals surface area contributed by atoms with E-state index in [-0.39, 0.29) is 25.7 Å². The van der Waals surface area contributed by atoms with Gasteiger partial charge in [-0.3, -0.25) is 37.3 Å². The molecule has 19 heteroatoms. The lowest BCUT2D eigenvalue weighted by Gasteiger charge is -2.21. The molecule has 0 fully saturated rings. The molecule has 112 heavy (non-hydrogen) atoms. The summed E-state index contributed by atoms with van der Waals surface area (Å²) in [6, 6.07) is 0. The molecule has 0 aromatic carbocycles. The van der Waals surface area contributed by atoms with Gasteiger partial charge in [-0.25, -0.2) is 9.13 Å². The molecular formula is C93H146O17P2. The van der Waals surface area contributed by atoms with E-state index in [1.165, 1.54) is 0 Å². The smallest absolute Gasteiger partial charge is 0.462 e. The van der Waals surface area contributed by atoms with Crippen molar-refractivity contribution in [3.63, 3.8) is 0 Å². The number of allylic oxidation sites excluding steroid dienone is 36. The molecule has 5 atom stereocenters. The Morgan fingerprint density at radius 2 is 0.464 bits per heavy atom. The molecule has 17 nitrogen and oxygen atoms in total. The van der Waals surface area contributed by atoms with E-state index >= 15 is 0 Å². The van der Waals surface area contributed by atoms with Crippen molar-refractivity contribution in [2.75, 3.05) is 39.6 Å². The number of esters is 4. The Morgan fingerprint density at radius 1 is 0.250 bits per heavy atom. The Morgan fingerprint density at radius 3 is 0.759 bits per heavy atom. The van der Waals surface area contributed by atoms with Gasteiger partial charge in [-0.1, -0.05) is 304 Å². The second-order valence-corrected chi connectivity index (χ2v) is 29.8. The minimum absolute atomic E-state index is 0.00894. The van der Waals surface area contributed by atoms with Gasteiger partial charge < -0.3 is 33.8 Å².